The van der Waals surface area contributed by atoms with Crippen molar-refractivity contribution in [1.82, 2.24) is 10.0 Å². The number of carbonyl (C=O) groups is 2. The molecule has 2 aliphatic carbocycles. The minimum Gasteiger partial charge on any atom is -0.349 e. The summed E-state index contributed by atoms with van der Waals surface area (Å²) >= 11 is 6.06. The van der Waals surface area contributed by atoms with E-state index >= 15 is 0 Å². The van der Waals surface area contributed by atoms with Gasteiger partial charge in [-0.3, -0.25) is 9.59 Å². The predicted molar refractivity (Wildman–Crippen MR) is 110 cm³/mol. The largest absolute Gasteiger partial charge is 0.349 e. The Kier molecular flexibility index (Phi) is 5.33. The lowest BCUT2D eigenvalue weighted by atomic mass is 10.1. The molecule has 0 unspecified atom stereocenters. The molecule has 9 heteroatoms. The Morgan fingerprint density at radius 1 is 0.897 bits per heavy atom. The number of hydrogen-bond acceptors (Lipinski definition) is 4. The molecule has 2 amide bonds. The molecule has 29 heavy (non-hydrogen) atoms. The van der Waals surface area contributed by atoms with Gasteiger partial charge in [0.1, 0.15) is 4.90 Å². The second kappa shape index (κ2) is 7.78. The molecule has 2 saturated carbocycles. The third-order valence-electron chi connectivity index (χ3n) is 4.68. The molecule has 0 atom stereocenters. The van der Waals surface area contributed by atoms with Crippen LogP contribution in [0.3, 0.4) is 0 Å². The Balaban J connectivity index is 1.51. The van der Waals surface area contributed by atoms with Gasteiger partial charge in [0.2, 0.25) is 10.0 Å². The summed E-state index contributed by atoms with van der Waals surface area (Å²) in [6.07, 6.45) is 3.56. The highest BCUT2D eigenvalue weighted by Gasteiger charge is 2.29. The van der Waals surface area contributed by atoms with E-state index in [1.807, 2.05) is 0 Å². The highest BCUT2D eigenvalue weighted by atomic mass is 35.5. The number of benzene rings is 2. The molecule has 0 radical (unpaired) electrons. The van der Waals surface area contributed by atoms with Gasteiger partial charge in [-0.2, -0.15) is 0 Å². The lowest BCUT2D eigenvalue weighted by Gasteiger charge is -2.11. The van der Waals surface area contributed by atoms with Crippen LogP contribution in [0.15, 0.2) is 47.4 Å². The monoisotopic (exact) mass is 433 g/mol. The van der Waals surface area contributed by atoms with Crippen LogP contribution in [0.25, 0.3) is 0 Å². The first kappa shape index (κ1) is 19.9. The first-order valence-electron chi connectivity index (χ1n) is 9.36. The molecule has 2 aromatic carbocycles. The summed E-state index contributed by atoms with van der Waals surface area (Å²) in [5.41, 5.74) is 1.04. The van der Waals surface area contributed by atoms with Crippen molar-refractivity contribution in [3.8, 4) is 0 Å². The topological polar surface area (TPSA) is 104 Å². The SMILES string of the molecule is O=C(Nc1cccc(C(=O)NC2CC2)c1)c1ccc(Cl)c(S(=O)(=O)NC2CC2)c1. The van der Waals surface area contributed by atoms with Gasteiger partial charge in [-0.15, -0.1) is 0 Å². The molecule has 4 rings (SSSR count). The summed E-state index contributed by atoms with van der Waals surface area (Å²) in [4.78, 5) is 24.7. The van der Waals surface area contributed by atoms with E-state index < -0.39 is 15.9 Å². The lowest BCUT2D eigenvalue weighted by Crippen LogP contribution is -2.26. The fraction of sp³-hybridized carbons (Fsp3) is 0.300. The van der Waals surface area contributed by atoms with Crippen LogP contribution in [0.5, 0.6) is 0 Å². The minimum absolute atomic E-state index is 0.0495. The first-order valence-corrected chi connectivity index (χ1v) is 11.2. The number of rotatable bonds is 7. The number of carbonyl (C=O) groups excluding carboxylic acids is 2. The number of anilines is 1. The summed E-state index contributed by atoms with van der Waals surface area (Å²) < 4.78 is 27.5. The summed E-state index contributed by atoms with van der Waals surface area (Å²) in [5.74, 6) is -0.682. The lowest BCUT2D eigenvalue weighted by molar-refractivity contribution is 0.0949. The van der Waals surface area contributed by atoms with Crippen LogP contribution in [0.4, 0.5) is 5.69 Å². The van der Waals surface area contributed by atoms with Gasteiger partial charge in [0.15, 0.2) is 0 Å². The molecule has 0 aliphatic heterocycles. The molecule has 7 nitrogen and oxygen atoms in total. The van der Waals surface area contributed by atoms with Crippen LogP contribution in [-0.2, 0) is 10.0 Å². The smallest absolute Gasteiger partial charge is 0.255 e. The average Bonchev–Trinajstić information content (AvgIpc) is 3.59. The molecule has 2 fully saturated rings. The number of sulfonamides is 1. The third kappa shape index (κ3) is 4.95. The van der Waals surface area contributed by atoms with Crippen LogP contribution < -0.4 is 15.4 Å². The van der Waals surface area contributed by atoms with E-state index in [1.54, 1.807) is 24.3 Å². The number of hydrogen-bond donors (Lipinski definition) is 3. The van der Waals surface area contributed by atoms with Gasteiger partial charge in [0, 0.05) is 28.9 Å². The third-order valence-corrected chi connectivity index (χ3v) is 6.68. The summed E-state index contributed by atoms with van der Waals surface area (Å²) in [6, 6.07) is 10.9. The van der Waals surface area contributed by atoms with Gasteiger partial charge in [-0.05, 0) is 62.1 Å². The van der Waals surface area contributed by atoms with Gasteiger partial charge < -0.3 is 10.6 Å². The number of nitrogens with one attached hydrogen (secondary N) is 3. The van der Waals surface area contributed by atoms with Gasteiger partial charge in [-0.25, -0.2) is 13.1 Å². The van der Waals surface area contributed by atoms with Gasteiger partial charge in [-0.1, -0.05) is 17.7 Å². The van der Waals surface area contributed by atoms with Gasteiger partial charge >= 0.3 is 0 Å². The van der Waals surface area contributed by atoms with E-state index in [4.69, 9.17) is 11.6 Å². The van der Waals surface area contributed by atoms with E-state index in [1.165, 1.54) is 18.2 Å². The Morgan fingerprint density at radius 3 is 2.28 bits per heavy atom. The molecular weight excluding hydrogens is 414 g/mol. The summed E-state index contributed by atoms with van der Waals surface area (Å²) in [7, 11) is -3.80. The van der Waals surface area contributed by atoms with E-state index in [0.717, 1.165) is 25.7 Å². The van der Waals surface area contributed by atoms with Crippen molar-refractivity contribution in [2.24, 2.45) is 0 Å². The molecule has 0 bridgehead atoms. The van der Waals surface area contributed by atoms with Crippen LogP contribution >= 0.6 is 11.6 Å². The normalized spacial score (nSPS) is 16.3. The van der Waals surface area contributed by atoms with E-state index in [9.17, 15) is 18.0 Å². The molecule has 152 valence electrons. The molecule has 0 heterocycles. The molecule has 2 aromatic rings. The Labute approximate surface area is 173 Å². The quantitative estimate of drug-likeness (QED) is 0.624. The standard InChI is InChI=1S/C20H20ClN3O4S/c21-17-9-4-13(11-18(17)29(27,28)24-15-7-8-15)20(26)23-16-3-1-2-12(10-16)19(25)22-14-5-6-14/h1-4,9-11,14-15,24H,5-8H2,(H,22,25)(H,23,26). The Bertz CT molecular complexity index is 1080. The van der Waals surface area contributed by atoms with E-state index in [0.29, 0.717) is 11.3 Å². The molecule has 0 aromatic heterocycles. The maximum Gasteiger partial charge on any atom is 0.255 e. The second-order valence-corrected chi connectivity index (χ2v) is 9.41. The van der Waals surface area contributed by atoms with Crippen LogP contribution in [0, 0.1) is 0 Å². The summed E-state index contributed by atoms with van der Waals surface area (Å²) in [6.45, 7) is 0. The average molecular weight is 434 g/mol. The number of amides is 2. The maximum absolute atomic E-state index is 12.6. The van der Waals surface area contributed by atoms with Gasteiger partial charge in [0.25, 0.3) is 11.8 Å². The molecule has 3 N–H and O–H groups in total. The van der Waals surface area contributed by atoms with E-state index in [-0.39, 0.29) is 33.5 Å². The fourth-order valence-electron chi connectivity index (χ4n) is 2.77. The zero-order valence-electron chi connectivity index (χ0n) is 15.4. The van der Waals surface area contributed by atoms with Crippen molar-refractivity contribution in [3.63, 3.8) is 0 Å². The van der Waals surface area contributed by atoms with Crippen molar-refractivity contribution >= 4 is 39.1 Å². The van der Waals surface area contributed by atoms with Gasteiger partial charge in [0.05, 0.1) is 5.02 Å². The van der Waals surface area contributed by atoms with Crippen molar-refractivity contribution < 1.29 is 18.0 Å². The highest BCUT2D eigenvalue weighted by Crippen LogP contribution is 2.27. The molecule has 0 saturated heterocycles. The zero-order valence-corrected chi connectivity index (χ0v) is 17.0. The van der Waals surface area contributed by atoms with Crippen molar-refractivity contribution in [2.75, 3.05) is 5.32 Å². The first-order chi connectivity index (χ1) is 13.8. The Morgan fingerprint density at radius 2 is 1.59 bits per heavy atom. The molecular formula is C20H20ClN3O4S. The number of halogens is 1. The molecule has 0 spiro atoms. The van der Waals surface area contributed by atoms with Crippen LogP contribution in [-0.4, -0.2) is 32.3 Å². The maximum atomic E-state index is 12.6. The van der Waals surface area contributed by atoms with Crippen molar-refractivity contribution in [3.05, 3.63) is 58.6 Å². The second-order valence-electron chi connectivity index (χ2n) is 7.32. The Hall–Kier alpha value is -2.42. The fourth-order valence-corrected chi connectivity index (χ4v) is 4.60. The van der Waals surface area contributed by atoms with E-state index in [2.05, 4.69) is 15.4 Å². The summed E-state index contributed by atoms with van der Waals surface area (Å²) in [5, 5.41) is 5.64. The van der Waals surface area contributed by atoms with Crippen molar-refractivity contribution in [2.45, 2.75) is 42.7 Å². The minimum atomic E-state index is -3.80. The van der Waals surface area contributed by atoms with Crippen LogP contribution in [0.2, 0.25) is 5.02 Å². The van der Waals surface area contributed by atoms with Crippen LogP contribution in [0.1, 0.15) is 46.4 Å². The predicted octanol–water partition coefficient (Wildman–Crippen LogP) is 2.93. The zero-order chi connectivity index (χ0) is 20.6. The molecule has 2 aliphatic rings. The highest BCUT2D eigenvalue weighted by molar-refractivity contribution is 7.89. The van der Waals surface area contributed by atoms with Crippen molar-refractivity contribution in [1.29, 1.82) is 0 Å².